The summed E-state index contributed by atoms with van der Waals surface area (Å²) in [5.41, 5.74) is 0. The minimum absolute atomic E-state index is 0.0867. The summed E-state index contributed by atoms with van der Waals surface area (Å²) in [6, 6.07) is 0. The number of allylic oxidation sites excluding steroid dienone is 1. The lowest BCUT2D eigenvalue weighted by atomic mass is 9.69. The van der Waals surface area contributed by atoms with Crippen molar-refractivity contribution in [3.05, 3.63) is 12.2 Å². The van der Waals surface area contributed by atoms with Crippen LogP contribution in [0.4, 0.5) is 8.78 Å². The van der Waals surface area contributed by atoms with E-state index in [1.165, 1.54) is 44.6 Å². The second kappa shape index (κ2) is 12.9. The molecule has 2 saturated carbocycles. The quantitative estimate of drug-likeness (QED) is 0.360. The zero-order chi connectivity index (χ0) is 23.0. The Kier molecular flexibility index (Phi) is 10.0. The standard InChI is InChI=1S/C27H44F2O4/c1-2-3-4-5-20-15-30-27(31-16-20)24-17-32-26(33-18-24)23-12-10-22(11-13-23)21-8-6-19(7-9-21)14-25(28)29/h14,19-24,26-27H,2-13,15-18H2,1H3. The highest BCUT2D eigenvalue weighted by Crippen LogP contribution is 2.43. The molecule has 4 rings (SSSR count). The fraction of sp³-hybridized carbons (Fsp3) is 0.926. The third kappa shape index (κ3) is 7.46. The molecule has 0 atom stereocenters. The van der Waals surface area contributed by atoms with Crippen LogP contribution in [0.2, 0.25) is 0 Å². The number of hydrogen-bond acceptors (Lipinski definition) is 4. The van der Waals surface area contributed by atoms with E-state index in [9.17, 15) is 8.78 Å². The Labute approximate surface area is 198 Å². The van der Waals surface area contributed by atoms with E-state index in [0.717, 1.165) is 57.7 Å². The van der Waals surface area contributed by atoms with Crippen LogP contribution in [0.15, 0.2) is 12.2 Å². The predicted octanol–water partition coefficient (Wildman–Crippen LogP) is 6.94. The first-order valence-electron chi connectivity index (χ1n) is 13.6. The number of hydrogen-bond donors (Lipinski definition) is 0. The summed E-state index contributed by atoms with van der Waals surface area (Å²) >= 11 is 0. The Balaban J connectivity index is 1.11. The molecular formula is C27H44F2O4. The summed E-state index contributed by atoms with van der Waals surface area (Å²) in [6.45, 7) is 5.12. The van der Waals surface area contributed by atoms with Crippen molar-refractivity contribution < 1.29 is 27.7 Å². The van der Waals surface area contributed by atoms with Gasteiger partial charge in [0.1, 0.15) is 0 Å². The SMILES string of the molecule is CCCCCC1COC(C2COC(C3CCC(C4CCC(C=C(F)F)CC4)CC3)OC2)OC1. The van der Waals surface area contributed by atoms with Gasteiger partial charge in [-0.15, -0.1) is 0 Å². The fourth-order valence-corrected chi connectivity index (χ4v) is 6.49. The van der Waals surface area contributed by atoms with Gasteiger partial charge in [-0.1, -0.05) is 26.2 Å². The number of halogens is 2. The first-order chi connectivity index (χ1) is 16.1. The molecular weight excluding hydrogens is 426 g/mol. The number of ether oxygens (including phenoxy) is 4. The fourth-order valence-electron chi connectivity index (χ4n) is 6.49. The van der Waals surface area contributed by atoms with Crippen LogP contribution in [-0.4, -0.2) is 39.0 Å². The Hall–Kier alpha value is -0.560. The van der Waals surface area contributed by atoms with E-state index in [0.29, 0.717) is 31.0 Å². The highest BCUT2D eigenvalue weighted by Gasteiger charge is 2.38. The van der Waals surface area contributed by atoms with E-state index in [1.54, 1.807) is 0 Å². The molecule has 0 aromatic rings. The van der Waals surface area contributed by atoms with Crippen molar-refractivity contribution in [3.63, 3.8) is 0 Å². The second-order valence-corrected chi connectivity index (χ2v) is 11.0. The molecule has 0 spiro atoms. The van der Waals surface area contributed by atoms with Crippen LogP contribution in [0.3, 0.4) is 0 Å². The van der Waals surface area contributed by atoms with Gasteiger partial charge in [0.2, 0.25) is 0 Å². The van der Waals surface area contributed by atoms with Crippen molar-refractivity contribution in [3.8, 4) is 0 Å². The van der Waals surface area contributed by atoms with Crippen molar-refractivity contribution in [1.29, 1.82) is 0 Å². The molecule has 4 fully saturated rings. The van der Waals surface area contributed by atoms with Gasteiger partial charge in [0.05, 0.1) is 32.3 Å². The Bertz CT molecular complexity index is 579. The van der Waals surface area contributed by atoms with Crippen molar-refractivity contribution in [2.75, 3.05) is 26.4 Å². The average Bonchev–Trinajstić information content (AvgIpc) is 2.85. The van der Waals surface area contributed by atoms with Gasteiger partial charge in [-0.25, -0.2) is 0 Å². The molecule has 4 nitrogen and oxygen atoms in total. The van der Waals surface area contributed by atoms with Gasteiger partial charge in [-0.3, -0.25) is 0 Å². The lowest BCUT2D eigenvalue weighted by Crippen LogP contribution is -2.46. The van der Waals surface area contributed by atoms with Gasteiger partial charge < -0.3 is 18.9 Å². The molecule has 4 aliphatic rings. The Morgan fingerprint density at radius 1 is 0.667 bits per heavy atom. The zero-order valence-electron chi connectivity index (χ0n) is 20.4. The van der Waals surface area contributed by atoms with Crippen LogP contribution in [0, 0.1) is 35.5 Å². The molecule has 33 heavy (non-hydrogen) atoms. The van der Waals surface area contributed by atoms with Gasteiger partial charge in [-0.2, -0.15) is 8.78 Å². The lowest BCUT2D eigenvalue weighted by Gasteiger charge is -2.42. The van der Waals surface area contributed by atoms with E-state index in [4.69, 9.17) is 18.9 Å². The molecule has 0 bridgehead atoms. The van der Waals surface area contributed by atoms with E-state index in [2.05, 4.69) is 6.92 Å². The number of unbranched alkanes of at least 4 members (excludes halogenated alkanes) is 2. The predicted molar refractivity (Wildman–Crippen MR) is 124 cm³/mol. The van der Waals surface area contributed by atoms with Crippen LogP contribution in [-0.2, 0) is 18.9 Å². The molecule has 0 aromatic carbocycles. The van der Waals surface area contributed by atoms with Crippen molar-refractivity contribution in [2.45, 2.75) is 96.6 Å². The van der Waals surface area contributed by atoms with Crippen LogP contribution < -0.4 is 0 Å². The molecule has 190 valence electrons. The highest BCUT2D eigenvalue weighted by atomic mass is 19.3. The Morgan fingerprint density at radius 3 is 1.76 bits per heavy atom. The monoisotopic (exact) mass is 470 g/mol. The smallest absolute Gasteiger partial charge is 0.266 e. The normalized spacial score (nSPS) is 40.3. The van der Waals surface area contributed by atoms with E-state index >= 15 is 0 Å². The molecule has 0 unspecified atom stereocenters. The van der Waals surface area contributed by atoms with Crippen LogP contribution in [0.5, 0.6) is 0 Å². The van der Waals surface area contributed by atoms with Crippen LogP contribution >= 0.6 is 0 Å². The largest absolute Gasteiger partial charge is 0.352 e. The molecule has 0 amide bonds. The first kappa shape index (κ1) is 25.5. The summed E-state index contributed by atoms with van der Waals surface area (Å²) in [4.78, 5) is 0. The van der Waals surface area contributed by atoms with Gasteiger partial charge in [0.15, 0.2) is 12.6 Å². The molecule has 6 heteroatoms. The van der Waals surface area contributed by atoms with Crippen molar-refractivity contribution in [2.24, 2.45) is 35.5 Å². The molecule has 2 heterocycles. The molecule has 2 aliphatic carbocycles. The van der Waals surface area contributed by atoms with Crippen LogP contribution in [0.25, 0.3) is 0 Å². The minimum Gasteiger partial charge on any atom is -0.352 e. The topological polar surface area (TPSA) is 36.9 Å². The first-order valence-corrected chi connectivity index (χ1v) is 13.6. The maximum Gasteiger partial charge on any atom is 0.266 e. The number of rotatable bonds is 8. The molecule has 2 saturated heterocycles. The van der Waals surface area contributed by atoms with E-state index in [1.807, 2.05) is 0 Å². The van der Waals surface area contributed by atoms with Gasteiger partial charge in [0.25, 0.3) is 6.08 Å². The Morgan fingerprint density at radius 2 is 1.18 bits per heavy atom. The maximum atomic E-state index is 12.5. The highest BCUT2D eigenvalue weighted by molar-refractivity contribution is 4.92. The summed E-state index contributed by atoms with van der Waals surface area (Å²) in [5.74, 6) is 2.70. The summed E-state index contributed by atoms with van der Waals surface area (Å²) < 4.78 is 49.4. The van der Waals surface area contributed by atoms with Gasteiger partial charge in [-0.05, 0) is 81.6 Å². The third-order valence-corrected chi connectivity index (χ3v) is 8.59. The minimum atomic E-state index is -1.51. The van der Waals surface area contributed by atoms with Crippen molar-refractivity contribution in [1.82, 2.24) is 0 Å². The molecule has 0 aromatic heterocycles. The summed E-state index contributed by atoms with van der Waals surface area (Å²) in [7, 11) is 0. The zero-order valence-corrected chi connectivity index (χ0v) is 20.4. The second-order valence-electron chi connectivity index (χ2n) is 11.0. The van der Waals surface area contributed by atoms with E-state index < -0.39 is 6.08 Å². The molecule has 2 aliphatic heterocycles. The lowest BCUT2D eigenvalue weighted by molar-refractivity contribution is -0.291. The molecule has 0 N–H and O–H groups in total. The van der Waals surface area contributed by atoms with Gasteiger partial charge >= 0.3 is 0 Å². The van der Waals surface area contributed by atoms with Crippen molar-refractivity contribution >= 4 is 0 Å². The maximum absolute atomic E-state index is 12.5. The summed E-state index contributed by atoms with van der Waals surface area (Å²) in [5, 5.41) is 0. The van der Waals surface area contributed by atoms with E-state index in [-0.39, 0.29) is 24.4 Å². The molecule has 0 radical (unpaired) electrons. The summed E-state index contributed by atoms with van der Waals surface area (Å²) in [6.07, 6.45) is 13.1. The average molecular weight is 471 g/mol. The van der Waals surface area contributed by atoms with Gasteiger partial charge in [0, 0.05) is 11.8 Å². The van der Waals surface area contributed by atoms with Crippen LogP contribution in [0.1, 0.15) is 84.0 Å². The third-order valence-electron chi connectivity index (χ3n) is 8.59.